The SMILES string of the molecule is COC(=O)c1csc(NCCc2ccccn2)n1. The van der Waals surface area contributed by atoms with Crippen molar-refractivity contribution in [1.29, 1.82) is 0 Å². The summed E-state index contributed by atoms with van der Waals surface area (Å²) < 4.78 is 4.59. The van der Waals surface area contributed by atoms with Crippen LogP contribution in [-0.4, -0.2) is 29.6 Å². The largest absolute Gasteiger partial charge is 0.464 e. The predicted octanol–water partition coefficient (Wildman–Crippen LogP) is 1.98. The molecule has 5 nitrogen and oxygen atoms in total. The molecule has 2 heterocycles. The predicted molar refractivity (Wildman–Crippen MR) is 69.9 cm³/mol. The molecule has 0 aromatic carbocycles. The highest BCUT2D eigenvalue weighted by molar-refractivity contribution is 7.13. The third-order valence-electron chi connectivity index (χ3n) is 2.28. The van der Waals surface area contributed by atoms with Crippen molar-refractivity contribution in [3.63, 3.8) is 0 Å². The van der Waals surface area contributed by atoms with Crippen LogP contribution < -0.4 is 5.32 Å². The Labute approximate surface area is 109 Å². The Kier molecular flexibility index (Phi) is 4.25. The summed E-state index contributed by atoms with van der Waals surface area (Å²) in [5.41, 5.74) is 1.36. The quantitative estimate of drug-likeness (QED) is 0.836. The van der Waals surface area contributed by atoms with Gasteiger partial charge in [0.15, 0.2) is 10.8 Å². The fourth-order valence-corrected chi connectivity index (χ4v) is 2.11. The van der Waals surface area contributed by atoms with Crippen molar-refractivity contribution in [3.05, 3.63) is 41.2 Å². The molecule has 0 unspecified atom stereocenters. The van der Waals surface area contributed by atoms with Crippen molar-refractivity contribution < 1.29 is 9.53 Å². The number of methoxy groups -OCH3 is 1. The number of anilines is 1. The summed E-state index contributed by atoms with van der Waals surface area (Å²) in [6.45, 7) is 0.727. The first-order valence-corrected chi connectivity index (χ1v) is 6.35. The molecule has 0 spiro atoms. The van der Waals surface area contributed by atoms with Crippen LogP contribution in [0.15, 0.2) is 29.8 Å². The van der Waals surface area contributed by atoms with E-state index >= 15 is 0 Å². The Morgan fingerprint density at radius 2 is 2.39 bits per heavy atom. The molecule has 2 aromatic heterocycles. The molecule has 1 N–H and O–H groups in total. The number of nitrogens with zero attached hydrogens (tertiary/aromatic N) is 2. The molecule has 0 aliphatic heterocycles. The average Bonchev–Trinajstić information content (AvgIpc) is 2.88. The van der Waals surface area contributed by atoms with Gasteiger partial charge in [0.25, 0.3) is 0 Å². The van der Waals surface area contributed by atoms with Gasteiger partial charge in [0.05, 0.1) is 7.11 Å². The van der Waals surface area contributed by atoms with E-state index in [9.17, 15) is 4.79 Å². The Bertz CT molecular complexity index is 513. The summed E-state index contributed by atoms with van der Waals surface area (Å²) >= 11 is 1.38. The summed E-state index contributed by atoms with van der Waals surface area (Å²) in [7, 11) is 1.34. The number of carbonyl (C=O) groups excluding carboxylic acids is 1. The van der Waals surface area contributed by atoms with Gasteiger partial charge in [-0.15, -0.1) is 11.3 Å². The molecular weight excluding hydrogens is 250 g/mol. The van der Waals surface area contributed by atoms with Crippen LogP contribution in [0.1, 0.15) is 16.2 Å². The third kappa shape index (κ3) is 3.27. The molecule has 0 saturated heterocycles. The maximum atomic E-state index is 11.2. The van der Waals surface area contributed by atoms with E-state index in [2.05, 4.69) is 20.0 Å². The van der Waals surface area contributed by atoms with Gasteiger partial charge in [-0.3, -0.25) is 4.98 Å². The van der Waals surface area contributed by atoms with Gasteiger partial charge in [-0.25, -0.2) is 9.78 Å². The van der Waals surface area contributed by atoms with Gasteiger partial charge < -0.3 is 10.1 Å². The number of carbonyl (C=O) groups is 1. The molecule has 0 bridgehead atoms. The Balaban J connectivity index is 1.84. The molecule has 0 fully saturated rings. The van der Waals surface area contributed by atoms with Crippen molar-refractivity contribution in [3.8, 4) is 0 Å². The van der Waals surface area contributed by atoms with E-state index in [0.29, 0.717) is 10.8 Å². The van der Waals surface area contributed by atoms with Crippen LogP contribution in [-0.2, 0) is 11.2 Å². The van der Waals surface area contributed by atoms with Crippen LogP contribution in [0.2, 0.25) is 0 Å². The first kappa shape index (κ1) is 12.5. The summed E-state index contributed by atoms with van der Waals surface area (Å²) in [4.78, 5) is 19.6. The zero-order valence-electron chi connectivity index (χ0n) is 9.92. The number of pyridine rings is 1. The Morgan fingerprint density at radius 1 is 1.50 bits per heavy atom. The highest BCUT2D eigenvalue weighted by Gasteiger charge is 2.09. The van der Waals surface area contributed by atoms with Gasteiger partial charge in [0.1, 0.15) is 0 Å². The number of hydrogen-bond donors (Lipinski definition) is 1. The third-order valence-corrected chi connectivity index (χ3v) is 3.08. The zero-order valence-corrected chi connectivity index (χ0v) is 10.7. The first-order chi connectivity index (χ1) is 8.79. The fraction of sp³-hybridized carbons (Fsp3) is 0.250. The zero-order chi connectivity index (χ0) is 12.8. The summed E-state index contributed by atoms with van der Waals surface area (Å²) in [5, 5.41) is 5.54. The number of nitrogens with one attached hydrogen (secondary N) is 1. The van der Waals surface area contributed by atoms with Gasteiger partial charge in [0, 0.05) is 30.2 Å². The molecule has 6 heteroatoms. The molecule has 0 atom stereocenters. The fourth-order valence-electron chi connectivity index (χ4n) is 1.40. The number of ether oxygens (including phenoxy) is 1. The summed E-state index contributed by atoms with van der Waals surface area (Å²) in [6, 6.07) is 5.82. The van der Waals surface area contributed by atoms with Crippen LogP contribution in [0.3, 0.4) is 0 Å². The number of hydrogen-bond acceptors (Lipinski definition) is 6. The minimum Gasteiger partial charge on any atom is -0.464 e. The molecule has 2 aromatic rings. The monoisotopic (exact) mass is 263 g/mol. The van der Waals surface area contributed by atoms with Crippen LogP contribution >= 0.6 is 11.3 Å². The maximum Gasteiger partial charge on any atom is 0.357 e. The van der Waals surface area contributed by atoms with Crippen LogP contribution in [0.4, 0.5) is 5.13 Å². The number of thiazole rings is 1. The van der Waals surface area contributed by atoms with E-state index in [0.717, 1.165) is 18.7 Å². The van der Waals surface area contributed by atoms with Gasteiger partial charge >= 0.3 is 5.97 Å². The Morgan fingerprint density at radius 3 is 3.11 bits per heavy atom. The smallest absolute Gasteiger partial charge is 0.357 e. The summed E-state index contributed by atoms with van der Waals surface area (Å²) in [5.74, 6) is -0.413. The van der Waals surface area contributed by atoms with E-state index in [-0.39, 0.29) is 0 Å². The molecule has 0 amide bonds. The van der Waals surface area contributed by atoms with Crippen molar-refractivity contribution in [1.82, 2.24) is 9.97 Å². The maximum absolute atomic E-state index is 11.2. The number of rotatable bonds is 5. The van der Waals surface area contributed by atoms with E-state index in [1.54, 1.807) is 11.6 Å². The second kappa shape index (κ2) is 6.11. The molecule has 0 aliphatic carbocycles. The lowest BCUT2D eigenvalue weighted by Crippen LogP contribution is -2.06. The molecule has 0 radical (unpaired) electrons. The highest BCUT2D eigenvalue weighted by atomic mass is 32.1. The van der Waals surface area contributed by atoms with E-state index in [1.807, 2.05) is 18.2 Å². The standard InChI is InChI=1S/C12H13N3O2S/c1-17-11(16)10-8-18-12(15-10)14-7-5-9-4-2-3-6-13-9/h2-4,6,8H,5,7H2,1H3,(H,14,15). The molecule has 18 heavy (non-hydrogen) atoms. The second-order valence-corrected chi connectivity index (χ2v) is 4.39. The van der Waals surface area contributed by atoms with Crippen LogP contribution in [0, 0.1) is 0 Å². The lowest BCUT2D eigenvalue weighted by atomic mass is 10.3. The van der Waals surface area contributed by atoms with Crippen molar-refractivity contribution in [2.45, 2.75) is 6.42 Å². The highest BCUT2D eigenvalue weighted by Crippen LogP contribution is 2.15. The van der Waals surface area contributed by atoms with Crippen molar-refractivity contribution in [2.75, 3.05) is 19.0 Å². The molecule has 94 valence electrons. The Hall–Kier alpha value is -1.95. The van der Waals surface area contributed by atoms with Gasteiger partial charge in [-0.05, 0) is 12.1 Å². The molecule has 0 aliphatic rings. The number of esters is 1. The van der Waals surface area contributed by atoms with Crippen LogP contribution in [0.5, 0.6) is 0 Å². The van der Waals surface area contributed by atoms with Crippen molar-refractivity contribution in [2.24, 2.45) is 0 Å². The minimum atomic E-state index is -0.413. The summed E-state index contributed by atoms with van der Waals surface area (Å²) in [6.07, 6.45) is 2.59. The van der Waals surface area contributed by atoms with Crippen molar-refractivity contribution >= 4 is 22.4 Å². The van der Waals surface area contributed by atoms with Gasteiger partial charge in [0.2, 0.25) is 0 Å². The normalized spacial score (nSPS) is 10.1. The van der Waals surface area contributed by atoms with Crippen LogP contribution in [0.25, 0.3) is 0 Å². The van der Waals surface area contributed by atoms with Gasteiger partial charge in [-0.2, -0.15) is 0 Å². The average molecular weight is 263 g/mol. The lowest BCUT2D eigenvalue weighted by Gasteiger charge is -2.01. The second-order valence-electron chi connectivity index (χ2n) is 3.53. The minimum absolute atomic E-state index is 0.336. The molecule has 0 saturated carbocycles. The number of aromatic nitrogens is 2. The molecular formula is C12H13N3O2S. The van der Waals surface area contributed by atoms with E-state index in [4.69, 9.17) is 0 Å². The van der Waals surface area contributed by atoms with E-state index < -0.39 is 5.97 Å². The first-order valence-electron chi connectivity index (χ1n) is 5.47. The lowest BCUT2D eigenvalue weighted by molar-refractivity contribution is 0.0595. The molecule has 2 rings (SSSR count). The van der Waals surface area contributed by atoms with E-state index in [1.165, 1.54) is 18.4 Å². The topological polar surface area (TPSA) is 64.1 Å². The van der Waals surface area contributed by atoms with Gasteiger partial charge in [-0.1, -0.05) is 6.07 Å².